The van der Waals surface area contributed by atoms with E-state index in [4.69, 9.17) is 0 Å². The van der Waals surface area contributed by atoms with Crippen LogP contribution in [0.15, 0.2) is 12.1 Å². The third kappa shape index (κ3) is 5.01. The number of benzene rings is 1. The average Bonchev–Trinajstić information content (AvgIpc) is 2.86. The maximum absolute atomic E-state index is 12.9. The van der Waals surface area contributed by atoms with Crippen LogP contribution in [0.2, 0.25) is 0 Å². The Morgan fingerprint density at radius 2 is 1.38 bits per heavy atom. The monoisotopic (exact) mass is 379 g/mol. The van der Waals surface area contributed by atoms with Gasteiger partial charge in [-0.1, -0.05) is 0 Å². The Morgan fingerprint density at radius 1 is 0.923 bits per heavy atom. The number of fused-ring (bicyclic) bond motifs is 1. The molecule has 0 unspecified atom stereocenters. The molecule has 0 bridgehead atoms. The van der Waals surface area contributed by atoms with E-state index in [1.54, 1.807) is 0 Å². The molecule has 26 heavy (non-hydrogen) atoms. The molecule has 0 fully saturated rings. The predicted molar refractivity (Wildman–Crippen MR) is 111 cm³/mol. The lowest BCUT2D eigenvalue weighted by molar-refractivity contribution is 0.0904. The molecule has 6 heteroatoms. The summed E-state index contributed by atoms with van der Waals surface area (Å²) >= 11 is -0.597. The van der Waals surface area contributed by atoms with Gasteiger partial charge in [-0.3, -0.25) is 14.5 Å². The smallest absolute Gasteiger partial charge is 0.260 e. The Morgan fingerprint density at radius 3 is 1.77 bits per heavy atom. The first-order chi connectivity index (χ1) is 11.8. The van der Waals surface area contributed by atoms with Gasteiger partial charge in [-0.25, -0.2) is 0 Å². The zero-order chi connectivity index (χ0) is 19.9. The molecular weight excluding hydrogens is 346 g/mol. The highest BCUT2D eigenvalue weighted by Gasteiger charge is 2.31. The SMILES string of the molecule is C[SH](C)NC(=O)c1cc2c(cc1C(=O)NC(C)(C)C)CN(C(C)(C)C)C2. The summed E-state index contributed by atoms with van der Waals surface area (Å²) in [7, 11) is 0. The third-order valence-electron chi connectivity index (χ3n) is 4.31. The van der Waals surface area contributed by atoms with E-state index in [1.807, 2.05) is 45.4 Å². The Bertz CT molecular complexity index is 715. The highest BCUT2D eigenvalue weighted by atomic mass is 32.2. The van der Waals surface area contributed by atoms with Gasteiger partial charge in [-0.2, -0.15) is 11.1 Å². The van der Waals surface area contributed by atoms with Gasteiger partial charge in [0.05, 0.1) is 11.1 Å². The highest BCUT2D eigenvalue weighted by molar-refractivity contribution is 8.14. The quantitative estimate of drug-likeness (QED) is 0.707. The molecule has 0 aromatic heterocycles. The molecule has 2 amide bonds. The summed E-state index contributed by atoms with van der Waals surface area (Å²) in [4.78, 5) is 27.9. The van der Waals surface area contributed by atoms with E-state index in [1.165, 1.54) is 0 Å². The van der Waals surface area contributed by atoms with Crippen LogP contribution in [0.1, 0.15) is 73.4 Å². The number of amides is 2. The molecule has 2 N–H and O–H groups in total. The molecule has 0 spiro atoms. The Balaban J connectivity index is 2.46. The van der Waals surface area contributed by atoms with Gasteiger partial charge >= 0.3 is 0 Å². The van der Waals surface area contributed by atoms with Gasteiger partial charge < -0.3 is 10.0 Å². The number of carbonyl (C=O) groups is 2. The number of rotatable bonds is 3. The van der Waals surface area contributed by atoms with Crippen molar-refractivity contribution in [3.8, 4) is 0 Å². The van der Waals surface area contributed by atoms with Crippen LogP contribution in [-0.4, -0.2) is 40.3 Å². The maximum Gasteiger partial charge on any atom is 0.260 e. The zero-order valence-corrected chi connectivity index (χ0v) is 18.2. The Hall–Kier alpha value is -1.53. The van der Waals surface area contributed by atoms with E-state index >= 15 is 0 Å². The maximum atomic E-state index is 12.9. The second kappa shape index (κ2) is 7.24. The number of hydrogen-bond acceptors (Lipinski definition) is 3. The topological polar surface area (TPSA) is 61.4 Å². The molecule has 0 saturated heterocycles. The Kier molecular flexibility index (Phi) is 5.78. The van der Waals surface area contributed by atoms with Crippen molar-refractivity contribution in [1.29, 1.82) is 0 Å². The van der Waals surface area contributed by atoms with E-state index in [-0.39, 0.29) is 22.9 Å². The van der Waals surface area contributed by atoms with Crippen molar-refractivity contribution in [3.05, 3.63) is 34.4 Å². The van der Waals surface area contributed by atoms with Gasteiger partial charge in [-0.05, 0) is 77.3 Å². The van der Waals surface area contributed by atoms with Crippen molar-refractivity contribution in [3.63, 3.8) is 0 Å². The number of hydrogen-bond donors (Lipinski definition) is 3. The molecule has 1 aromatic rings. The van der Waals surface area contributed by atoms with Gasteiger partial charge in [0.25, 0.3) is 11.8 Å². The van der Waals surface area contributed by atoms with Crippen LogP contribution in [0.4, 0.5) is 0 Å². The van der Waals surface area contributed by atoms with Crippen molar-refractivity contribution < 1.29 is 9.59 Å². The first-order valence-corrected chi connectivity index (χ1v) is 11.2. The van der Waals surface area contributed by atoms with E-state index in [0.717, 1.165) is 24.2 Å². The molecule has 0 atom stereocenters. The van der Waals surface area contributed by atoms with Gasteiger partial charge in [-0.15, -0.1) is 0 Å². The molecular formula is C20H33N3O2S. The number of thiol groups is 1. The molecule has 0 saturated carbocycles. The lowest BCUT2D eigenvalue weighted by Crippen LogP contribution is -2.41. The molecule has 146 valence electrons. The van der Waals surface area contributed by atoms with Crippen LogP contribution < -0.4 is 10.0 Å². The van der Waals surface area contributed by atoms with E-state index in [9.17, 15) is 9.59 Å². The van der Waals surface area contributed by atoms with Crippen LogP contribution in [0, 0.1) is 0 Å². The number of nitrogens with one attached hydrogen (secondary N) is 2. The van der Waals surface area contributed by atoms with E-state index < -0.39 is 11.1 Å². The van der Waals surface area contributed by atoms with Gasteiger partial charge in [0.15, 0.2) is 0 Å². The lowest BCUT2D eigenvalue weighted by atomic mass is 9.98. The second-order valence-electron chi connectivity index (χ2n) is 9.23. The van der Waals surface area contributed by atoms with Crippen molar-refractivity contribution in [1.82, 2.24) is 14.9 Å². The van der Waals surface area contributed by atoms with Crippen molar-refractivity contribution >= 4 is 22.9 Å². The first kappa shape index (κ1) is 20.8. The highest BCUT2D eigenvalue weighted by Crippen LogP contribution is 2.31. The van der Waals surface area contributed by atoms with Crippen LogP contribution in [-0.2, 0) is 13.1 Å². The van der Waals surface area contributed by atoms with Gasteiger partial charge in [0.1, 0.15) is 0 Å². The van der Waals surface area contributed by atoms with Crippen molar-refractivity contribution in [2.45, 2.75) is 65.7 Å². The van der Waals surface area contributed by atoms with Crippen LogP contribution in [0.3, 0.4) is 0 Å². The molecule has 1 aliphatic heterocycles. The van der Waals surface area contributed by atoms with Crippen LogP contribution in [0.5, 0.6) is 0 Å². The minimum atomic E-state index is -0.597. The Labute approximate surface area is 160 Å². The summed E-state index contributed by atoms with van der Waals surface area (Å²) < 4.78 is 2.98. The van der Waals surface area contributed by atoms with E-state index in [2.05, 4.69) is 35.7 Å². The molecule has 0 radical (unpaired) electrons. The molecule has 2 rings (SSSR count). The third-order valence-corrected chi connectivity index (χ3v) is 4.96. The number of nitrogens with zero attached hydrogens (tertiary/aromatic N) is 1. The van der Waals surface area contributed by atoms with Crippen LogP contribution >= 0.6 is 11.1 Å². The molecule has 1 heterocycles. The first-order valence-electron chi connectivity index (χ1n) is 8.99. The minimum Gasteiger partial charge on any atom is -0.347 e. The lowest BCUT2D eigenvalue weighted by Gasteiger charge is -2.31. The van der Waals surface area contributed by atoms with Gasteiger partial charge in [0, 0.05) is 24.2 Å². The molecule has 1 aliphatic rings. The van der Waals surface area contributed by atoms with Crippen molar-refractivity contribution in [2.24, 2.45) is 0 Å². The summed E-state index contributed by atoms with van der Waals surface area (Å²) in [6.45, 7) is 14.0. The van der Waals surface area contributed by atoms with Crippen LogP contribution in [0.25, 0.3) is 0 Å². The summed E-state index contributed by atoms with van der Waals surface area (Å²) in [5, 5.41) is 2.99. The second-order valence-corrected chi connectivity index (χ2v) is 11.2. The minimum absolute atomic E-state index is 0.0381. The fourth-order valence-corrected chi connectivity index (χ4v) is 3.50. The predicted octanol–water partition coefficient (Wildman–Crippen LogP) is 3.23. The summed E-state index contributed by atoms with van der Waals surface area (Å²) in [5.74, 6) is -0.367. The van der Waals surface area contributed by atoms with Crippen molar-refractivity contribution in [2.75, 3.05) is 12.5 Å². The molecule has 5 nitrogen and oxygen atoms in total. The standard InChI is InChI=1S/C20H33N3O2S/c1-19(2,3)21-17(24)15-9-13-11-23(20(4,5)6)12-14(13)10-16(15)18(25)22-26(7)8/h9-10,26H,11-12H2,1-8H3,(H,21,24)(H,22,25). The fourth-order valence-electron chi connectivity index (χ4n) is 2.97. The van der Waals surface area contributed by atoms with Gasteiger partial charge in [0.2, 0.25) is 0 Å². The molecule has 1 aromatic carbocycles. The largest absolute Gasteiger partial charge is 0.347 e. The summed E-state index contributed by atoms with van der Waals surface area (Å²) in [6, 6.07) is 3.82. The summed E-state index contributed by atoms with van der Waals surface area (Å²) in [6.07, 6.45) is 3.97. The summed E-state index contributed by atoms with van der Waals surface area (Å²) in [5.41, 5.74) is 2.88. The normalized spacial score (nSPS) is 15.5. The van der Waals surface area contributed by atoms with E-state index in [0.29, 0.717) is 11.1 Å². The number of carbonyl (C=O) groups excluding carboxylic acids is 2. The fraction of sp³-hybridized carbons (Fsp3) is 0.600. The average molecular weight is 380 g/mol. The molecule has 0 aliphatic carbocycles. The zero-order valence-electron chi connectivity index (χ0n) is 17.3.